The van der Waals surface area contributed by atoms with Crippen molar-refractivity contribution >= 4 is 23.5 Å². The zero-order valence-electron chi connectivity index (χ0n) is 38.9. The summed E-state index contributed by atoms with van der Waals surface area (Å²) in [4.78, 5) is 57.8. The molecule has 0 atom stereocenters. The van der Waals surface area contributed by atoms with Gasteiger partial charge in [-0.05, 0) is 85.3 Å². The van der Waals surface area contributed by atoms with E-state index in [1.165, 1.54) is 14.2 Å². The average Bonchev–Trinajstić information content (AvgIpc) is 3.94. The van der Waals surface area contributed by atoms with Gasteiger partial charge >= 0.3 is 11.9 Å². The number of aryl methyl sites for hydroxylation is 6. The number of ether oxygens (including phenoxy) is 3. The Hall–Kier alpha value is -6.82. The Morgan fingerprint density at radius 2 is 1.00 bits per heavy atom. The van der Waals surface area contributed by atoms with E-state index >= 15 is 0 Å². The summed E-state index contributed by atoms with van der Waals surface area (Å²) in [5.74, 6) is 3.01. The third-order valence-electron chi connectivity index (χ3n) is 11.1. The lowest BCUT2D eigenvalue weighted by Gasteiger charge is -2.08. The fourth-order valence-corrected chi connectivity index (χ4v) is 7.42. The second kappa shape index (κ2) is 23.2. The van der Waals surface area contributed by atoms with E-state index in [1.54, 1.807) is 25.3 Å². The fraction of sp³-hybridized carbons (Fsp3) is 0.358. The quantitative estimate of drug-likeness (QED) is 0.0604. The SMILES string of the molecule is COC(=O)CCc1ccc(C(=O)CCc2nc(-c3ccccc3O)oc2C(C)C)cc1C.COC(=O)CCc1ccc(C(=O)CCc2nc(-c3ccccc3OC)oc2C(C)C)cc1C. The van der Waals surface area contributed by atoms with Gasteiger partial charge in [0.2, 0.25) is 11.8 Å². The first-order chi connectivity index (χ1) is 31.1. The van der Waals surface area contributed by atoms with E-state index in [0.29, 0.717) is 85.6 Å². The van der Waals surface area contributed by atoms with E-state index < -0.39 is 0 Å². The van der Waals surface area contributed by atoms with Gasteiger partial charge < -0.3 is 28.2 Å². The molecular formula is C53H60N2O10. The number of aromatic nitrogens is 2. The molecule has 0 aliphatic carbocycles. The summed E-state index contributed by atoms with van der Waals surface area (Å²) in [6.45, 7) is 12.0. The molecule has 6 rings (SSSR count). The van der Waals surface area contributed by atoms with E-state index in [9.17, 15) is 24.3 Å². The highest BCUT2D eigenvalue weighted by Crippen LogP contribution is 2.34. The number of benzene rings is 4. The van der Waals surface area contributed by atoms with Crippen molar-refractivity contribution in [3.63, 3.8) is 0 Å². The molecule has 0 saturated carbocycles. The molecule has 65 heavy (non-hydrogen) atoms. The number of oxazole rings is 2. The van der Waals surface area contributed by atoms with Gasteiger partial charge in [-0.25, -0.2) is 9.97 Å². The van der Waals surface area contributed by atoms with Crippen molar-refractivity contribution in [1.29, 1.82) is 0 Å². The van der Waals surface area contributed by atoms with E-state index in [0.717, 1.165) is 50.7 Å². The monoisotopic (exact) mass is 884 g/mol. The van der Waals surface area contributed by atoms with Crippen LogP contribution in [0.15, 0.2) is 93.8 Å². The van der Waals surface area contributed by atoms with E-state index in [-0.39, 0.29) is 41.1 Å². The molecule has 0 aliphatic rings. The lowest BCUT2D eigenvalue weighted by atomic mass is 9.97. The maximum atomic E-state index is 12.9. The Balaban J connectivity index is 0.000000244. The molecule has 1 N–H and O–H groups in total. The molecule has 342 valence electrons. The Kier molecular flexibility index (Phi) is 17.6. The summed E-state index contributed by atoms with van der Waals surface area (Å²) >= 11 is 0. The molecule has 0 amide bonds. The van der Waals surface area contributed by atoms with Gasteiger partial charge in [0.1, 0.15) is 23.0 Å². The van der Waals surface area contributed by atoms with Gasteiger partial charge in [-0.3, -0.25) is 19.2 Å². The smallest absolute Gasteiger partial charge is 0.305 e. The molecular weight excluding hydrogens is 825 g/mol. The first-order valence-electron chi connectivity index (χ1n) is 21.9. The maximum absolute atomic E-state index is 12.9. The summed E-state index contributed by atoms with van der Waals surface area (Å²) in [5.41, 5.74) is 8.19. The summed E-state index contributed by atoms with van der Waals surface area (Å²) in [6, 6.07) is 25.7. The number of para-hydroxylation sites is 2. The minimum Gasteiger partial charge on any atom is -0.507 e. The molecule has 2 heterocycles. The number of phenolic OH excluding ortho intramolecular Hbond substituents is 1. The highest BCUT2D eigenvalue weighted by Gasteiger charge is 2.22. The highest BCUT2D eigenvalue weighted by atomic mass is 16.5. The number of hydrogen-bond acceptors (Lipinski definition) is 12. The summed E-state index contributed by atoms with van der Waals surface area (Å²) in [7, 11) is 4.38. The van der Waals surface area contributed by atoms with Gasteiger partial charge in [-0.15, -0.1) is 0 Å². The van der Waals surface area contributed by atoms with Crippen molar-refractivity contribution in [2.24, 2.45) is 0 Å². The van der Waals surface area contributed by atoms with Crippen LogP contribution >= 0.6 is 0 Å². The number of carbonyl (C=O) groups excluding carboxylic acids is 4. The number of rotatable bonds is 19. The molecule has 0 saturated heterocycles. The maximum Gasteiger partial charge on any atom is 0.305 e. The Morgan fingerprint density at radius 3 is 1.42 bits per heavy atom. The molecule has 0 aliphatic heterocycles. The Morgan fingerprint density at radius 1 is 0.569 bits per heavy atom. The fourth-order valence-electron chi connectivity index (χ4n) is 7.42. The lowest BCUT2D eigenvalue weighted by molar-refractivity contribution is -0.141. The largest absolute Gasteiger partial charge is 0.507 e. The predicted octanol–water partition coefficient (Wildman–Crippen LogP) is 11.1. The van der Waals surface area contributed by atoms with Crippen LogP contribution in [-0.2, 0) is 44.7 Å². The lowest BCUT2D eigenvalue weighted by Crippen LogP contribution is -2.06. The summed E-state index contributed by atoms with van der Waals surface area (Å²) in [5, 5.41) is 10.1. The molecule has 4 aromatic carbocycles. The molecule has 0 spiro atoms. The zero-order valence-corrected chi connectivity index (χ0v) is 38.9. The number of ketones is 2. The molecule has 2 aromatic heterocycles. The van der Waals surface area contributed by atoms with Crippen LogP contribution in [0.25, 0.3) is 22.9 Å². The molecule has 6 aromatic rings. The van der Waals surface area contributed by atoms with E-state index in [1.807, 2.05) is 108 Å². The van der Waals surface area contributed by atoms with Gasteiger partial charge in [-0.2, -0.15) is 0 Å². The van der Waals surface area contributed by atoms with Crippen LogP contribution in [0.4, 0.5) is 0 Å². The van der Waals surface area contributed by atoms with Gasteiger partial charge in [0.05, 0.1) is 43.8 Å². The van der Waals surface area contributed by atoms with Crippen molar-refractivity contribution in [2.45, 2.75) is 105 Å². The van der Waals surface area contributed by atoms with Crippen LogP contribution in [0, 0.1) is 13.8 Å². The molecule has 12 heteroatoms. The van der Waals surface area contributed by atoms with Crippen molar-refractivity contribution in [1.82, 2.24) is 9.97 Å². The topological polar surface area (TPSA) is 168 Å². The van der Waals surface area contributed by atoms with Crippen LogP contribution in [-0.4, -0.2) is 59.9 Å². The van der Waals surface area contributed by atoms with Gasteiger partial charge in [-0.1, -0.05) is 76.2 Å². The molecule has 0 fully saturated rings. The van der Waals surface area contributed by atoms with Gasteiger partial charge in [0.25, 0.3) is 0 Å². The van der Waals surface area contributed by atoms with Crippen LogP contribution in [0.3, 0.4) is 0 Å². The van der Waals surface area contributed by atoms with E-state index in [2.05, 4.69) is 4.98 Å². The normalized spacial score (nSPS) is 11.0. The predicted molar refractivity (Wildman–Crippen MR) is 249 cm³/mol. The number of methoxy groups -OCH3 is 3. The highest BCUT2D eigenvalue weighted by molar-refractivity contribution is 5.97. The van der Waals surface area contributed by atoms with Crippen LogP contribution in [0.1, 0.15) is 131 Å². The Labute approximate surface area is 381 Å². The molecule has 0 unspecified atom stereocenters. The van der Waals surface area contributed by atoms with Crippen LogP contribution in [0.2, 0.25) is 0 Å². The first kappa shape index (κ1) is 49.2. The summed E-state index contributed by atoms with van der Waals surface area (Å²) < 4.78 is 26.9. The second-order valence-electron chi connectivity index (χ2n) is 16.5. The van der Waals surface area contributed by atoms with Crippen molar-refractivity contribution in [3.8, 4) is 34.4 Å². The van der Waals surface area contributed by atoms with Crippen molar-refractivity contribution < 1.29 is 47.3 Å². The third kappa shape index (κ3) is 13.1. The first-order valence-corrected chi connectivity index (χ1v) is 21.9. The van der Waals surface area contributed by atoms with E-state index in [4.69, 9.17) is 28.0 Å². The second-order valence-corrected chi connectivity index (χ2v) is 16.5. The summed E-state index contributed by atoms with van der Waals surface area (Å²) in [6.07, 6.45) is 3.39. The number of aromatic hydroxyl groups is 1. The van der Waals surface area contributed by atoms with Crippen LogP contribution < -0.4 is 4.74 Å². The number of esters is 2. The minimum atomic E-state index is -0.249. The number of Topliss-reactive ketones (excluding diaryl/α,β-unsaturated/α-hetero) is 2. The van der Waals surface area contributed by atoms with Crippen LogP contribution in [0.5, 0.6) is 11.5 Å². The van der Waals surface area contributed by atoms with Crippen molar-refractivity contribution in [3.05, 3.63) is 141 Å². The zero-order chi connectivity index (χ0) is 47.2. The molecule has 0 radical (unpaired) electrons. The Bertz CT molecular complexity index is 2600. The van der Waals surface area contributed by atoms with Crippen molar-refractivity contribution in [2.75, 3.05) is 21.3 Å². The molecule has 12 nitrogen and oxygen atoms in total. The molecule has 0 bridgehead atoms. The van der Waals surface area contributed by atoms with Gasteiger partial charge in [0, 0.05) is 61.5 Å². The standard InChI is InChI=1S/C27H31NO5.C26H29NO5/c1-17(2)26-22(28-27(33-26)21-8-6-7-9-24(21)31-4)13-14-23(29)20-11-10-19(18(3)16-20)12-15-25(30)32-5;1-16(2)25-21(27-26(32-25)20-7-5-6-8-23(20)29)12-13-22(28)19-10-9-18(17(3)15-19)11-14-24(30)31-4/h6-11,16-17H,12-15H2,1-5H3;5-10,15-16,29H,11-14H2,1-4H3. The number of nitrogens with zero attached hydrogens (tertiary/aromatic N) is 2. The number of phenols is 1. The minimum absolute atomic E-state index is 0.0226. The number of carbonyl (C=O) groups is 4. The third-order valence-corrected chi connectivity index (χ3v) is 11.1. The van der Waals surface area contributed by atoms with Gasteiger partial charge in [0.15, 0.2) is 11.6 Å². The average molecular weight is 885 g/mol. The number of hydrogen-bond donors (Lipinski definition) is 1.